The highest BCUT2D eigenvalue weighted by molar-refractivity contribution is 6.30. The zero-order valence-corrected chi connectivity index (χ0v) is 11.6. The van der Waals surface area contributed by atoms with Crippen LogP contribution in [0.5, 0.6) is 0 Å². The van der Waals surface area contributed by atoms with Crippen LogP contribution < -0.4 is 5.32 Å². The van der Waals surface area contributed by atoms with Gasteiger partial charge in [0.15, 0.2) is 0 Å². The first kappa shape index (κ1) is 12.9. The Balaban J connectivity index is 1.98. The van der Waals surface area contributed by atoms with Crippen LogP contribution in [0.2, 0.25) is 5.02 Å². The van der Waals surface area contributed by atoms with Gasteiger partial charge in [-0.1, -0.05) is 16.8 Å². The third-order valence-corrected chi connectivity index (χ3v) is 2.80. The molecule has 96 valence electrons. The first-order valence-corrected chi connectivity index (χ1v) is 6.24. The Hall–Kier alpha value is -1.55. The van der Waals surface area contributed by atoms with Crippen LogP contribution in [0.15, 0.2) is 30.5 Å². The van der Waals surface area contributed by atoms with Crippen LogP contribution >= 0.6 is 11.6 Å². The van der Waals surface area contributed by atoms with Crippen molar-refractivity contribution in [3.05, 3.63) is 41.2 Å². The summed E-state index contributed by atoms with van der Waals surface area (Å²) >= 11 is 5.83. The molecule has 1 heterocycles. The number of rotatable bonds is 3. The Labute approximate surface area is 112 Å². The molecule has 1 N–H and O–H groups in total. The predicted molar refractivity (Wildman–Crippen MR) is 73.8 cm³/mol. The normalized spacial score (nSPS) is 11.6. The van der Waals surface area contributed by atoms with E-state index in [2.05, 4.69) is 36.4 Å². The minimum atomic E-state index is -0.0362. The number of benzene rings is 1. The number of nitrogens with zero attached hydrogens (tertiary/aromatic N) is 3. The molecule has 0 radical (unpaired) electrons. The molecule has 1 aromatic heterocycles. The van der Waals surface area contributed by atoms with Crippen LogP contribution in [0.4, 0.5) is 5.69 Å². The molecule has 1 aromatic carbocycles. The summed E-state index contributed by atoms with van der Waals surface area (Å²) in [7, 11) is 0. The lowest BCUT2D eigenvalue weighted by Crippen LogP contribution is -2.22. The van der Waals surface area contributed by atoms with Gasteiger partial charge in [-0.15, -0.1) is 5.10 Å². The molecule has 18 heavy (non-hydrogen) atoms. The van der Waals surface area contributed by atoms with E-state index in [1.165, 1.54) is 0 Å². The van der Waals surface area contributed by atoms with Gasteiger partial charge >= 0.3 is 0 Å². The van der Waals surface area contributed by atoms with E-state index in [0.29, 0.717) is 6.54 Å². The molecule has 0 atom stereocenters. The Kier molecular flexibility index (Phi) is 3.57. The van der Waals surface area contributed by atoms with Crippen molar-refractivity contribution in [1.29, 1.82) is 0 Å². The van der Waals surface area contributed by atoms with Gasteiger partial charge in [0.05, 0.1) is 18.3 Å². The van der Waals surface area contributed by atoms with Crippen LogP contribution in [-0.4, -0.2) is 15.0 Å². The van der Waals surface area contributed by atoms with Gasteiger partial charge < -0.3 is 5.32 Å². The van der Waals surface area contributed by atoms with Crippen molar-refractivity contribution in [1.82, 2.24) is 15.0 Å². The summed E-state index contributed by atoms with van der Waals surface area (Å²) < 4.78 is 1.87. The monoisotopic (exact) mass is 264 g/mol. The van der Waals surface area contributed by atoms with Crippen molar-refractivity contribution in [2.24, 2.45) is 0 Å². The summed E-state index contributed by atoms with van der Waals surface area (Å²) in [5, 5.41) is 12.3. The molecular formula is C13H17ClN4. The van der Waals surface area contributed by atoms with Gasteiger partial charge in [0.2, 0.25) is 0 Å². The number of anilines is 1. The van der Waals surface area contributed by atoms with Crippen molar-refractivity contribution >= 4 is 17.3 Å². The fourth-order valence-corrected chi connectivity index (χ4v) is 1.59. The molecule has 4 nitrogen and oxygen atoms in total. The van der Waals surface area contributed by atoms with Crippen molar-refractivity contribution in [2.75, 3.05) is 5.32 Å². The van der Waals surface area contributed by atoms with Gasteiger partial charge in [-0.3, -0.25) is 0 Å². The van der Waals surface area contributed by atoms with Crippen molar-refractivity contribution in [3.8, 4) is 0 Å². The van der Waals surface area contributed by atoms with E-state index < -0.39 is 0 Å². The molecule has 0 bridgehead atoms. The van der Waals surface area contributed by atoms with Crippen molar-refractivity contribution in [2.45, 2.75) is 32.9 Å². The van der Waals surface area contributed by atoms with E-state index in [4.69, 9.17) is 11.6 Å². The largest absolute Gasteiger partial charge is 0.379 e. The van der Waals surface area contributed by atoms with Crippen LogP contribution in [0.25, 0.3) is 0 Å². The van der Waals surface area contributed by atoms with E-state index in [0.717, 1.165) is 16.4 Å². The Morgan fingerprint density at radius 3 is 2.44 bits per heavy atom. The molecule has 0 unspecified atom stereocenters. The summed E-state index contributed by atoms with van der Waals surface area (Å²) in [6.45, 7) is 6.94. The summed E-state index contributed by atoms with van der Waals surface area (Å²) in [6.07, 6.45) is 1.96. The highest BCUT2D eigenvalue weighted by Crippen LogP contribution is 2.15. The average molecular weight is 265 g/mol. The third-order valence-electron chi connectivity index (χ3n) is 2.55. The molecule has 0 spiro atoms. The lowest BCUT2D eigenvalue weighted by atomic mass is 10.1. The van der Waals surface area contributed by atoms with Crippen molar-refractivity contribution < 1.29 is 0 Å². The molecule has 0 aliphatic rings. The zero-order valence-electron chi connectivity index (χ0n) is 10.8. The quantitative estimate of drug-likeness (QED) is 0.925. The fraction of sp³-hybridized carbons (Fsp3) is 0.385. The topological polar surface area (TPSA) is 42.7 Å². The van der Waals surface area contributed by atoms with Gasteiger partial charge in [0, 0.05) is 10.7 Å². The van der Waals surface area contributed by atoms with Gasteiger partial charge in [-0.2, -0.15) is 0 Å². The summed E-state index contributed by atoms with van der Waals surface area (Å²) in [5.41, 5.74) is 1.90. The zero-order chi connectivity index (χ0) is 13.2. The number of hydrogen-bond donors (Lipinski definition) is 1. The first-order valence-electron chi connectivity index (χ1n) is 5.86. The average Bonchev–Trinajstić information content (AvgIpc) is 2.77. The minimum absolute atomic E-state index is 0.0362. The van der Waals surface area contributed by atoms with Crippen LogP contribution in [-0.2, 0) is 12.1 Å². The number of halogens is 1. The number of hydrogen-bond acceptors (Lipinski definition) is 3. The molecule has 0 saturated heterocycles. The van der Waals surface area contributed by atoms with E-state index in [9.17, 15) is 0 Å². The molecule has 2 rings (SSSR count). The Morgan fingerprint density at radius 2 is 1.89 bits per heavy atom. The number of nitrogens with one attached hydrogen (secondary N) is 1. The Morgan fingerprint density at radius 1 is 1.22 bits per heavy atom. The Bertz CT molecular complexity index is 511. The van der Waals surface area contributed by atoms with Crippen LogP contribution in [0.3, 0.4) is 0 Å². The fourth-order valence-electron chi connectivity index (χ4n) is 1.47. The predicted octanol–water partition coefficient (Wildman–Crippen LogP) is 3.30. The molecular weight excluding hydrogens is 248 g/mol. The van der Waals surface area contributed by atoms with Gasteiger partial charge in [0.1, 0.15) is 5.69 Å². The highest BCUT2D eigenvalue weighted by atomic mass is 35.5. The first-order chi connectivity index (χ1) is 8.45. The number of aromatic nitrogens is 3. The molecule has 0 amide bonds. The lowest BCUT2D eigenvalue weighted by molar-refractivity contribution is 0.347. The SMILES string of the molecule is CC(C)(C)n1cc(CNc2ccc(Cl)cc2)nn1. The van der Waals surface area contributed by atoms with E-state index in [1.807, 2.05) is 35.1 Å². The summed E-state index contributed by atoms with van der Waals surface area (Å²) in [5.74, 6) is 0. The second kappa shape index (κ2) is 4.98. The van der Waals surface area contributed by atoms with E-state index in [1.54, 1.807) is 0 Å². The molecule has 0 aliphatic heterocycles. The molecule has 2 aromatic rings. The van der Waals surface area contributed by atoms with Gasteiger partial charge in [-0.25, -0.2) is 4.68 Å². The van der Waals surface area contributed by atoms with Gasteiger partial charge in [0.25, 0.3) is 0 Å². The minimum Gasteiger partial charge on any atom is -0.379 e. The molecule has 0 fully saturated rings. The van der Waals surface area contributed by atoms with E-state index >= 15 is 0 Å². The maximum absolute atomic E-state index is 5.83. The maximum Gasteiger partial charge on any atom is 0.102 e. The van der Waals surface area contributed by atoms with Crippen LogP contribution in [0.1, 0.15) is 26.5 Å². The summed E-state index contributed by atoms with van der Waals surface area (Å²) in [6, 6.07) is 7.60. The third kappa shape index (κ3) is 3.23. The smallest absolute Gasteiger partial charge is 0.102 e. The van der Waals surface area contributed by atoms with Crippen molar-refractivity contribution in [3.63, 3.8) is 0 Å². The van der Waals surface area contributed by atoms with E-state index in [-0.39, 0.29) is 5.54 Å². The standard InChI is InChI=1S/C13H17ClN4/c1-13(2,3)18-9-12(16-17-18)8-15-11-6-4-10(14)5-7-11/h4-7,9,15H,8H2,1-3H3. The highest BCUT2D eigenvalue weighted by Gasteiger charge is 2.14. The molecule has 0 saturated carbocycles. The maximum atomic E-state index is 5.83. The van der Waals surface area contributed by atoms with Crippen LogP contribution in [0, 0.1) is 0 Å². The molecule has 0 aliphatic carbocycles. The van der Waals surface area contributed by atoms with Gasteiger partial charge in [-0.05, 0) is 45.0 Å². The lowest BCUT2D eigenvalue weighted by Gasteiger charge is -2.17. The summed E-state index contributed by atoms with van der Waals surface area (Å²) in [4.78, 5) is 0. The molecule has 5 heteroatoms. The second-order valence-corrected chi connectivity index (χ2v) is 5.62. The second-order valence-electron chi connectivity index (χ2n) is 5.19.